The van der Waals surface area contributed by atoms with Crippen molar-refractivity contribution < 1.29 is 18.9 Å². The fourth-order valence-corrected chi connectivity index (χ4v) is 14.2. The predicted octanol–water partition coefficient (Wildman–Crippen LogP) is 16.7. The minimum Gasteiger partial charge on any atom is -0.381 e. The SMILES string of the molecule is CCCCCC=CCC=CCCCCCCCCCCOCC(CN1CCCC1C)OCCCOCCCO[C@H]1CC[C@@]2(C)C(=CC[C@H]3[C@@H]4CC[C@H]([C@H](C)CCCC(C)C)[C@@]4(C)CC[C@@H]32)C1. The highest BCUT2D eigenvalue weighted by atomic mass is 16.5. The Balaban J connectivity index is 0.870. The summed E-state index contributed by atoms with van der Waals surface area (Å²) in [4.78, 5) is 2.61. The molecule has 5 rings (SSSR count). The number of hydrogen-bond donors (Lipinski definition) is 0. The molecule has 0 spiro atoms. The molecule has 66 heavy (non-hydrogen) atoms. The van der Waals surface area contributed by atoms with Crippen LogP contribution in [0.5, 0.6) is 0 Å². The number of allylic oxidation sites excluding steroid dienone is 5. The molecule has 0 aromatic rings. The van der Waals surface area contributed by atoms with E-state index in [4.69, 9.17) is 18.9 Å². The molecule has 5 heteroatoms. The number of rotatable bonds is 36. The van der Waals surface area contributed by atoms with E-state index in [1.54, 1.807) is 5.57 Å². The minimum absolute atomic E-state index is 0.148. The average Bonchev–Trinajstić information content (AvgIpc) is 3.88. The third-order valence-electron chi connectivity index (χ3n) is 18.3. The van der Waals surface area contributed by atoms with Gasteiger partial charge in [0.25, 0.3) is 0 Å². The van der Waals surface area contributed by atoms with Gasteiger partial charge in [-0.25, -0.2) is 0 Å². The van der Waals surface area contributed by atoms with E-state index in [2.05, 4.69) is 83.7 Å². The Morgan fingerprint density at radius 2 is 1.41 bits per heavy atom. The van der Waals surface area contributed by atoms with Gasteiger partial charge in [-0.3, -0.25) is 4.90 Å². The van der Waals surface area contributed by atoms with Gasteiger partial charge in [-0.15, -0.1) is 0 Å². The van der Waals surface area contributed by atoms with Gasteiger partial charge in [-0.2, -0.15) is 0 Å². The molecule has 1 heterocycles. The Kier molecular flexibility index (Phi) is 26.6. The molecule has 3 saturated carbocycles. The summed E-state index contributed by atoms with van der Waals surface area (Å²) in [5, 5.41) is 0. The van der Waals surface area contributed by atoms with Crippen LogP contribution in [-0.2, 0) is 18.9 Å². The lowest BCUT2D eigenvalue weighted by molar-refractivity contribution is -0.0651. The Morgan fingerprint density at radius 3 is 2.14 bits per heavy atom. The lowest BCUT2D eigenvalue weighted by atomic mass is 9.47. The molecule has 0 radical (unpaired) electrons. The molecule has 1 saturated heterocycles. The Bertz CT molecular complexity index is 1360. The summed E-state index contributed by atoms with van der Waals surface area (Å²) in [5.41, 5.74) is 2.72. The number of ether oxygens (including phenoxy) is 4. The second-order valence-corrected chi connectivity index (χ2v) is 23.7. The van der Waals surface area contributed by atoms with E-state index in [-0.39, 0.29) is 6.10 Å². The van der Waals surface area contributed by atoms with Crippen molar-refractivity contribution in [1.29, 1.82) is 0 Å². The van der Waals surface area contributed by atoms with Crippen LogP contribution in [0.1, 0.15) is 235 Å². The van der Waals surface area contributed by atoms with Crippen molar-refractivity contribution in [1.82, 2.24) is 4.90 Å². The van der Waals surface area contributed by atoms with Crippen LogP contribution in [0.25, 0.3) is 0 Å². The molecule has 10 atom stereocenters. The summed E-state index contributed by atoms with van der Waals surface area (Å²) in [6, 6.07) is 0.655. The van der Waals surface area contributed by atoms with Crippen molar-refractivity contribution in [3.05, 3.63) is 36.0 Å². The normalized spacial score (nSPS) is 30.0. The maximum absolute atomic E-state index is 6.57. The van der Waals surface area contributed by atoms with E-state index in [9.17, 15) is 0 Å². The van der Waals surface area contributed by atoms with Gasteiger partial charge in [-0.05, 0) is 175 Å². The molecule has 0 bridgehead atoms. The summed E-state index contributed by atoms with van der Waals surface area (Å²) in [6.07, 6.45) is 50.6. The summed E-state index contributed by atoms with van der Waals surface area (Å²) in [7, 11) is 0. The van der Waals surface area contributed by atoms with E-state index >= 15 is 0 Å². The molecule has 0 N–H and O–H groups in total. The predicted molar refractivity (Wildman–Crippen MR) is 282 cm³/mol. The number of hydrogen-bond acceptors (Lipinski definition) is 5. The summed E-state index contributed by atoms with van der Waals surface area (Å²) < 4.78 is 25.4. The Hall–Kier alpha value is -0.980. The van der Waals surface area contributed by atoms with Gasteiger partial charge in [-0.1, -0.05) is 148 Å². The highest BCUT2D eigenvalue weighted by molar-refractivity contribution is 5.25. The van der Waals surface area contributed by atoms with E-state index in [1.165, 1.54) is 167 Å². The van der Waals surface area contributed by atoms with Crippen LogP contribution >= 0.6 is 0 Å². The van der Waals surface area contributed by atoms with Crippen molar-refractivity contribution in [3.63, 3.8) is 0 Å². The lowest BCUT2D eigenvalue weighted by Gasteiger charge is -2.58. The quantitative estimate of drug-likeness (QED) is 0.0463. The molecule has 4 fully saturated rings. The summed E-state index contributed by atoms with van der Waals surface area (Å²) in [6.45, 7) is 24.3. The molecule has 5 nitrogen and oxygen atoms in total. The van der Waals surface area contributed by atoms with Gasteiger partial charge in [0, 0.05) is 45.6 Å². The van der Waals surface area contributed by atoms with Crippen LogP contribution in [0.2, 0.25) is 0 Å². The third-order valence-corrected chi connectivity index (χ3v) is 18.3. The molecule has 0 aromatic heterocycles. The topological polar surface area (TPSA) is 40.2 Å². The first-order valence-electron chi connectivity index (χ1n) is 29.3. The fraction of sp³-hybridized carbons (Fsp3) is 0.902. The van der Waals surface area contributed by atoms with Crippen LogP contribution in [0.3, 0.4) is 0 Å². The summed E-state index contributed by atoms with van der Waals surface area (Å²) >= 11 is 0. The highest BCUT2D eigenvalue weighted by Crippen LogP contribution is 2.67. The third kappa shape index (κ3) is 18.3. The first-order valence-corrected chi connectivity index (χ1v) is 29.3. The van der Waals surface area contributed by atoms with E-state index in [1.807, 2.05) is 0 Å². The first kappa shape index (κ1) is 55.9. The largest absolute Gasteiger partial charge is 0.381 e. The van der Waals surface area contributed by atoms with Gasteiger partial charge in [0.15, 0.2) is 0 Å². The van der Waals surface area contributed by atoms with Crippen LogP contribution in [0, 0.1) is 46.3 Å². The second kappa shape index (κ2) is 31.4. The molecule has 382 valence electrons. The van der Waals surface area contributed by atoms with Crippen molar-refractivity contribution in [3.8, 4) is 0 Å². The molecule has 0 amide bonds. The molecule has 2 unspecified atom stereocenters. The standard InChI is InChI=1S/C61H109NO4/c1-8-9-10-11-12-13-14-15-16-17-18-19-20-21-22-23-24-25-42-64-49-55(48-62-41-27-32-52(62)5)66-46-29-44-63-43-28-45-65-54-37-39-60(6)53(47-54)33-34-56-58-36-35-57(51(4)31-26-30-50(2)3)61(58,7)40-38-59(56)60/h12-13,15-16,33,50-52,54-59H,8-11,14,17-32,34-49H2,1-7H3/t51-,52?,54+,55?,56+,57-,58+,59+,60+,61-/m1/s1. The molecule has 1 aliphatic heterocycles. The van der Waals surface area contributed by atoms with E-state index < -0.39 is 0 Å². The zero-order valence-corrected chi connectivity index (χ0v) is 44.8. The maximum atomic E-state index is 6.57. The van der Waals surface area contributed by atoms with E-state index in [0.717, 1.165) is 101 Å². The van der Waals surface area contributed by atoms with Crippen molar-refractivity contribution >= 4 is 0 Å². The number of unbranched alkanes of at least 4 members (excludes halogenated alkanes) is 11. The molecular weight excluding hydrogens is 811 g/mol. The van der Waals surface area contributed by atoms with Gasteiger partial charge in [0.1, 0.15) is 0 Å². The minimum atomic E-state index is 0.148. The van der Waals surface area contributed by atoms with Crippen LogP contribution in [0.15, 0.2) is 36.0 Å². The maximum Gasteiger partial charge on any atom is 0.0935 e. The number of fused-ring (bicyclic) bond motifs is 5. The Morgan fingerprint density at radius 1 is 0.697 bits per heavy atom. The number of nitrogens with zero attached hydrogens (tertiary/aromatic N) is 1. The smallest absolute Gasteiger partial charge is 0.0935 e. The number of likely N-dealkylation sites (tertiary alicyclic amines) is 1. The molecule has 4 aliphatic carbocycles. The molecule has 5 aliphatic rings. The average molecular weight is 921 g/mol. The first-order chi connectivity index (χ1) is 32.2. The fourth-order valence-electron chi connectivity index (χ4n) is 14.2. The van der Waals surface area contributed by atoms with Crippen molar-refractivity contribution in [2.45, 2.75) is 253 Å². The van der Waals surface area contributed by atoms with Crippen molar-refractivity contribution in [2.75, 3.05) is 52.7 Å². The van der Waals surface area contributed by atoms with Gasteiger partial charge >= 0.3 is 0 Å². The highest BCUT2D eigenvalue weighted by Gasteiger charge is 2.59. The van der Waals surface area contributed by atoms with Crippen LogP contribution < -0.4 is 0 Å². The molecular formula is C61H109NO4. The molecule has 0 aromatic carbocycles. The zero-order chi connectivity index (χ0) is 46.9. The van der Waals surface area contributed by atoms with Crippen molar-refractivity contribution in [2.24, 2.45) is 46.3 Å². The summed E-state index contributed by atoms with van der Waals surface area (Å²) in [5.74, 6) is 5.40. The Labute approximate surface area is 410 Å². The van der Waals surface area contributed by atoms with Gasteiger partial charge < -0.3 is 18.9 Å². The van der Waals surface area contributed by atoms with E-state index in [0.29, 0.717) is 29.6 Å². The zero-order valence-electron chi connectivity index (χ0n) is 44.8. The van der Waals surface area contributed by atoms with Gasteiger partial charge in [0.2, 0.25) is 0 Å². The lowest BCUT2D eigenvalue weighted by Crippen LogP contribution is -2.51. The second-order valence-electron chi connectivity index (χ2n) is 23.7. The monoisotopic (exact) mass is 920 g/mol. The van der Waals surface area contributed by atoms with Crippen LogP contribution in [0.4, 0.5) is 0 Å². The van der Waals surface area contributed by atoms with Crippen LogP contribution in [-0.4, -0.2) is 75.9 Å². The van der Waals surface area contributed by atoms with Gasteiger partial charge in [0.05, 0.1) is 18.8 Å².